The predicted molar refractivity (Wildman–Crippen MR) is 133 cm³/mol. The van der Waals surface area contributed by atoms with E-state index in [0.717, 1.165) is 5.52 Å². The van der Waals surface area contributed by atoms with Crippen molar-refractivity contribution in [2.75, 3.05) is 32.8 Å². The molecule has 200 valence electrons. The van der Waals surface area contributed by atoms with Gasteiger partial charge in [0.05, 0.1) is 11.0 Å². The van der Waals surface area contributed by atoms with E-state index in [4.69, 9.17) is 4.74 Å². The van der Waals surface area contributed by atoms with Gasteiger partial charge in [0, 0.05) is 43.2 Å². The third kappa shape index (κ3) is 4.05. The second-order valence-electron chi connectivity index (χ2n) is 10.5. The van der Waals surface area contributed by atoms with Gasteiger partial charge in [-0.2, -0.15) is 13.2 Å². The molecule has 0 bridgehead atoms. The van der Waals surface area contributed by atoms with Crippen molar-refractivity contribution in [3.63, 3.8) is 0 Å². The van der Waals surface area contributed by atoms with Gasteiger partial charge in [-0.05, 0) is 54.0 Å². The Kier molecular flexibility index (Phi) is 5.29. The summed E-state index contributed by atoms with van der Waals surface area (Å²) >= 11 is 0. The average Bonchev–Trinajstić information content (AvgIpc) is 3.64. The number of H-pyrrole nitrogens is 1. The fraction of sp³-hybridized carbons (Fsp3) is 0.370. The molecule has 1 saturated carbocycles. The molecule has 1 aliphatic carbocycles. The van der Waals surface area contributed by atoms with Crippen LogP contribution >= 0.6 is 0 Å². The molecule has 2 saturated heterocycles. The highest BCUT2D eigenvalue weighted by atomic mass is 19.4. The highest BCUT2D eigenvalue weighted by Gasteiger charge is 2.59. The summed E-state index contributed by atoms with van der Waals surface area (Å²) in [6.45, 7) is 0.879. The monoisotopic (exact) mass is 536 g/mol. The number of para-hydroxylation sites is 1. The summed E-state index contributed by atoms with van der Waals surface area (Å²) in [6.07, 6.45) is -4.50. The molecule has 1 N–H and O–H groups in total. The molecule has 2 aromatic heterocycles. The first-order valence-electron chi connectivity index (χ1n) is 12.7. The van der Waals surface area contributed by atoms with Crippen LogP contribution < -0.4 is 4.74 Å². The number of rotatable bonds is 4. The van der Waals surface area contributed by atoms with Crippen LogP contribution in [0.3, 0.4) is 0 Å². The van der Waals surface area contributed by atoms with E-state index < -0.39 is 12.8 Å². The summed E-state index contributed by atoms with van der Waals surface area (Å²) in [6, 6.07) is 13.3. The number of fused-ring (bicyclic) bond motifs is 6. The maximum atomic E-state index is 13.4. The van der Waals surface area contributed by atoms with Gasteiger partial charge in [0.15, 0.2) is 6.61 Å². The van der Waals surface area contributed by atoms with Crippen molar-refractivity contribution in [3.8, 4) is 5.75 Å². The molecule has 7 rings (SSSR count). The summed E-state index contributed by atoms with van der Waals surface area (Å²) in [5, 5.41) is 11.0. The molecule has 0 radical (unpaired) electrons. The summed E-state index contributed by atoms with van der Waals surface area (Å²) in [5.41, 5.74) is 2.45. The minimum Gasteiger partial charge on any atom is -0.483 e. The largest absolute Gasteiger partial charge is 0.483 e. The molecule has 3 fully saturated rings. The van der Waals surface area contributed by atoms with Crippen molar-refractivity contribution in [2.45, 2.75) is 6.18 Å². The minimum absolute atomic E-state index is 0.0155. The Balaban J connectivity index is 1.05. The number of halogens is 3. The molecule has 2 aliphatic heterocycles. The lowest BCUT2D eigenvalue weighted by Gasteiger charge is -2.42. The summed E-state index contributed by atoms with van der Waals surface area (Å²) in [5.74, 6) is 0.794. The SMILES string of the molecule is O=C(c1ccc2[nH]nnc2c1)N1C[C@@H]2[C@H](C1)[C@H]1CN(C(=O)c3cc(OCC(F)(F)F)c4ccccc4n3)C[C@@H]21. The van der Waals surface area contributed by atoms with Crippen molar-refractivity contribution in [3.05, 3.63) is 59.8 Å². The second kappa shape index (κ2) is 8.65. The maximum absolute atomic E-state index is 13.4. The normalized spacial score (nSPS) is 24.1. The molecule has 4 aromatic rings. The van der Waals surface area contributed by atoms with Gasteiger partial charge in [-0.3, -0.25) is 14.7 Å². The molecular formula is C27H23F3N6O3. The number of nitrogens with one attached hydrogen (secondary N) is 1. The van der Waals surface area contributed by atoms with Crippen LogP contribution in [-0.4, -0.2) is 81.0 Å². The molecule has 4 heterocycles. The molecule has 2 amide bonds. The number of hydrogen-bond donors (Lipinski definition) is 1. The van der Waals surface area contributed by atoms with Crippen molar-refractivity contribution < 1.29 is 27.5 Å². The lowest BCUT2D eigenvalue weighted by Crippen LogP contribution is -2.44. The Morgan fingerprint density at radius 1 is 0.897 bits per heavy atom. The third-order valence-corrected chi connectivity index (χ3v) is 8.36. The van der Waals surface area contributed by atoms with Crippen molar-refractivity contribution in [1.82, 2.24) is 30.2 Å². The van der Waals surface area contributed by atoms with Gasteiger partial charge in [-0.1, -0.05) is 17.3 Å². The fourth-order valence-electron chi connectivity index (χ4n) is 6.56. The van der Waals surface area contributed by atoms with Crippen LogP contribution in [0, 0.1) is 23.7 Å². The number of aromatic nitrogens is 4. The van der Waals surface area contributed by atoms with E-state index in [2.05, 4.69) is 20.4 Å². The molecule has 2 aromatic carbocycles. The number of carbonyl (C=O) groups is 2. The van der Waals surface area contributed by atoms with Crippen LogP contribution in [-0.2, 0) is 0 Å². The van der Waals surface area contributed by atoms with Gasteiger partial charge >= 0.3 is 6.18 Å². The topological polar surface area (TPSA) is 104 Å². The van der Waals surface area contributed by atoms with E-state index in [9.17, 15) is 22.8 Å². The Hall–Kier alpha value is -4.22. The van der Waals surface area contributed by atoms with Gasteiger partial charge in [-0.25, -0.2) is 4.98 Å². The van der Waals surface area contributed by atoms with Crippen LogP contribution in [0.2, 0.25) is 0 Å². The minimum atomic E-state index is -4.50. The summed E-state index contributed by atoms with van der Waals surface area (Å²) in [4.78, 5) is 34.7. The smallest absolute Gasteiger partial charge is 0.422 e. The van der Waals surface area contributed by atoms with Gasteiger partial charge < -0.3 is 14.5 Å². The molecule has 9 nitrogen and oxygen atoms in total. The van der Waals surface area contributed by atoms with Crippen LogP contribution in [0.4, 0.5) is 13.2 Å². The van der Waals surface area contributed by atoms with E-state index in [1.165, 1.54) is 6.07 Å². The molecular weight excluding hydrogens is 513 g/mol. The first kappa shape index (κ1) is 23.9. The Labute approximate surface area is 219 Å². The number of amides is 2. The number of hydrogen-bond acceptors (Lipinski definition) is 6. The summed E-state index contributed by atoms with van der Waals surface area (Å²) < 4.78 is 43.5. The van der Waals surface area contributed by atoms with Crippen LogP contribution in [0.15, 0.2) is 48.5 Å². The molecule has 0 unspecified atom stereocenters. The van der Waals surface area contributed by atoms with Gasteiger partial charge in [-0.15, -0.1) is 5.10 Å². The van der Waals surface area contributed by atoms with E-state index >= 15 is 0 Å². The highest BCUT2D eigenvalue weighted by Crippen LogP contribution is 2.54. The van der Waals surface area contributed by atoms with Gasteiger partial charge in [0.25, 0.3) is 11.8 Å². The van der Waals surface area contributed by atoms with Gasteiger partial charge in [0.2, 0.25) is 0 Å². The lowest BCUT2D eigenvalue weighted by atomic mass is 9.60. The fourth-order valence-corrected chi connectivity index (χ4v) is 6.56. The van der Waals surface area contributed by atoms with Crippen molar-refractivity contribution in [1.29, 1.82) is 0 Å². The summed E-state index contributed by atoms with van der Waals surface area (Å²) in [7, 11) is 0. The Morgan fingerprint density at radius 2 is 1.56 bits per heavy atom. The zero-order chi connectivity index (χ0) is 26.9. The number of alkyl halides is 3. The number of benzene rings is 2. The van der Waals surface area contributed by atoms with Crippen molar-refractivity contribution in [2.24, 2.45) is 23.7 Å². The first-order valence-corrected chi connectivity index (χ1v) is 12.7. The first-order chi connectivity index (χ1) is 18.7. The lowest BCUT2D eigenvalue weighted by molar-refractivity contribution is -0.153. The molecule has 39 heavy (non-hydrogen) atoms. The Morgan fingerprint density at radius 3 is 2.26 bits per heavy atom. The number of ether oxygens (including phenoxy) is 1. The van der Waals surface area contributed by atoms with E-state index in [1.807, 2.05) is 4.90 Å². The standard InChI is InChI=1S/C27H23F3N6O3/c28-27(29,30)13-39-24-8-23(31-20-4-2-1-3-15(20)24)26(38)36-11-18-16-9-35(10-17(16)19(18)12-36)25(37)14-5-6-21-22(7-14)33-34-32-21/h1-8,16-19H,9-13H2,(H,32,33,34)/t16-,17+,18+,19-. The third-order valence-electron chi connectivity index (χ3n) is 8.36. The zero-order valence-electron chi connectivity index (χ0n) is 20.6. The molecule has 4 atom stereocenters. The highest BCUT2D eigenvalue weighted by molar-refractivity contribution is 5.98. The van der Waals surface area contributed by atoms with E-state index in [-0.39, 0.29) is 35.1 Å². The van der Waals surface area contributed by atoms with Crippen LogP contribution in [0.5, 0.6) is 5.75 Å². The molecule has 0 spiro atoms. The maximum Gasteiger partial charge on any atom is 0.422 e. The van der Waals surface area contributed by atoms with Crippen molar-refractivity contribution >= 4 is 33.8 Å². The van der Waals surface area contributed by atoms with Crippen LogP contribution in [0.25, 0.3) is 21.9 Å². The van der Waals surface area contributed by atoms with E-state index in [0.29, 0.717) is 60.0 Å². The molecule has 12 heteroatoms. The zero-order valence-corrected chi connectivity index (χ0v) is 20.6. The number of carbonyl (C=O) groups excluding carboxylic acids is 2. The number of likely N-dealkylation sites (tertiary alicyclic amines) is 2. The average molecular weight is 537 g/mol. The molecule has 3 aliphatic rings. The number of pyridine rings is 1. The number of nitrogens with zero attached hydrogens (tertiary/aromatic N) is 5. The van der Waals surface area contributed by atoms with Gasteiger partial charge in [0.1, 0.15) is 17.0 Å². The predicted octanol–water partition coefficient (Wildman–Crippen LogP) is 3.54. The second-order valence-corrected chi connectivity index (χ2v) is 10.5. The Bertz CT molecular complexity index is 1600. The quantitative estimate of drug-likeness (QED) is 0.428. The number of aromatic amines is 1. The van der Waals surface area contributed by atoms with E-state index in [1.54, 1.807) is 47.4 Å². The van der Waals surface area contributed by atoms with Crippen LogP contribution in [0.1, 0.15) is 20.8 Å².